The van der Waals surface area contributed by atoms with Gasteiger partial charge in [0.05, 0.1) is 17.5 Å². The molecule has 5 rings (SSSR count). The molecular weight excluding hydrogens is 470 g/mol. The molecule has 2 aliphatic rings. The normalized spacial score (nSPS) is 22.7. The fraction of sp³-hybridized carbons (Fsp3) is 0.414. The second kappa shape index (κ2) is 11.3. The van der Waals surface area contributed by atoms with Crippen LogP contribution in [-0.4, -0.2) is 52.7 Å². The third-order valence-electron chi connectivity index (χ3n) is 7.87. The number of aromatic nitrogens is 1. The van der Waals surface area contributed by atoms with Gasteiger partial charge in [-0.25, -0.2) is 5.48 Å². The molecule has 1 saturated carbocycles. The van der Waals surface area contributed by atoms with Crippen LogP contribution in [0.2, 0.25) is 0 Å². The number of hydrogen-bond donors (Lipinski definition) is 2. The van der Waals surface area contributed by atoms with E-state index < -0.39 is 11.9 Å². The Bertz CT molecular complexity index is 1230. The summed E-state index contributed by atoms with van der Waals surface area (Å²) in [5.41, 5.74) is 4.70. The van der Waals surface area contributed by atoms with Gasteiger partial charge in [-0.3, -0.25) is 19.8 Å². The van der Waals surface area contributed by atoms with E-state index in [1.54, 1.807) is 23.7 Å². The molecular formula is C29H33N3O5. The Labute approximate surface area is 216 Å². The maximum atomic E-state index is 13.5. The molecule has 2 heterocycles. The van der Waals surface area contributed by atoms with E-state index in [2.05, 4.69) is 4.98 Å². The van der Waals surface area contributed by atoms with E-state index in [0.29, 0.717) is 19.6 Å². The maximum Gasteiger partial charge on any atom is 0.266 e. The molecule has 2 atom stereocenters. The quantitative estimate of drug-likeness (QED) is 0.353. The topological polar surface area (TPSA) is 101 Å². The van der Waals surface area contributed by atoms with Crippen LogP contribution in [0.4, 0.5) is 0 Å². The average Bonchev–Trinajstić information content (AvgIpc) is 3.33. The number of fused-ring (bicyclic) bond motifs is 1. The summed E-state index contributed by atoms with van der Waals surface area (Å²) in [5.74, 6) is -0.176. The number of para-hydroxylation sites is 1. The summed E-state index contributed by atoms with van der Waals surface area (Å²) in [6, 6.07) is 16.9. The minimum Gasteiger partial charge on any atom is -0.489 e. The van der Waals surface area contributed by atoms with Gasteiger partial charge in [0.25, 0.3) is 5.91 Å². The highest BCUT2D eigenvalue weighted by molar-refractivity contribution is 5.92. The number of amides is 2. The number of rotatable bonds is 8. The highest BCUT2D eigenvalue weighted by Gasteiger charge is 2.43. The lowest BCUT2D eigenvalue weighted by atomic mass is 9.81. The SMILES string of the molecule is COC1CCC(C(C(=O)NO)N2CCC(c3ccc(OCc4ccnc5ccccc45)cc3)C2=O)CC1. The average molecular weight is 504 g/mol. The molecule has 8 nitrogen and oxygen atoms in total. The zero-order valence-electron chi connectivity index (χ0n) is 21.0. The molecule has 37 heavy (non-hydrogen) atoms. The lowest BCUT2D eigenvalue weighted by Crippen LogP contribution is -2.52. The van der Waals surface area contributed by atoms with Crippen LogP contribution in [0.15, 0.2) is 60.8 Å². The molecule has 1 aliphatic carbocycles. The van der Waals surface area contributed by atoms with E-state index >= 15 is 0 Å². The van der Waals surface area contributed by atoms with Gasteiger partial charge in [0, 0.05) is 30.8 Å². The van der Waals surface area contributed by atoms with Crippen molar-refractivity contribution < 1.29 is 24.3 Å². The fourth-order valence-electron chi connectivity index (χ4n) is 5.84. The van der Waals surface area contributed by atoms with Crippen molar-refractivity contribution in [1.82, 2.24) is 15.4 Å². The predicted octanol–water partition coefficient (Wildman–Crippen LogP) is 4.21. The van der Waals surface area contributed by atoms with Gasteiger partial charge < -0.3 is 14.4 Å². The molecule has 0 radical (unpaired) electrons. The number of nitrogens with one attached hydrogen (secondary N) is 1. The molecule has 2 N–H and O–H groups in total. The number of ether oxygens (including phenoxy) is 2. The van der Waals surface area contributed by atoms with Crippen molar-refractivity contribution in [2.24, 2.45) is 5.92 Å². The summed E-state index contributed by atoms with van der Waals surface area (Å²) in [4.78, 5) is 32.2. The van der Waals surface area contributed by atoms with Crippen molar-refractivity contribution in [2.45, 2.75) is 56.8 Å². The van der Waals surface area contributed by atoms with Crippen LogP contribution in [0.1, 0.15) is 49.1 Å². The Kier molecular flexibility index (Phi) is 7.67. The molecule has 3 aromatic rings. The van der Waals surface area contributed by atoms with Gasteiger partial charge >= 0.3 is 0 Å². The van der Waals surface area contributed by atoms with E-state index in [1.807, 2.05) is 54.6 Å². The third kappa shape index (κ3) is 5.31. The van der Waals surface area contributed by atoms with Crippen molar-refractivity contribution in [1.29, 1.82) is 0 Å². The standard InChI is InChI=1S/C29H33N3O5/c1-36-22-10-8-20(9-11-22)27(28(33)31-35)32-17-15-25(29(32)34)19-6-12-23(13-7-19)37-18-21-14-16-30-26-5-3-2-4-24(21)26/h2-7,12-14,16,20,22,25,27,35H,8-11,15,17-18H2,1H3,(H,31,33). The smallest absolute Gasteiger partial charge is 0.266 e. The number of likely N-dealkylation sites (tertiary alicyclic amines) is 1. The summed E-state index contributed by atoms with van der Waals surface area (Å²) in [6.07, 6.45) is 5.86. The number of benzene rings is 2. The third-order valence-corrected chi connectivity index (χ3v) is 7.87. The first kappa shape index (κ1) is 25.2. The molecule has 0 spiro atoms. The molecule has 2 amide bonds. The van der Waals surface area contributed by atoms with E-state index in [0.717, 1.165) is 53.5 Å². The number of pyridine rings is 1. The molecule has 2 fully saturated rings. The Hall–Kier alpha value is -3.49. The zero-order valence-corrected chi connectivity index (χ0v) is 21.0. The molecule has 1 saturated heterocycles. The molecule has 1 aromatic heterocycles. The monoisotopic (exact) mass is 503 g/mol. The van der Waals surface area contributed by atoms with Gasteiger partial charge in [-0.15, -0.1) is 0 Å². The molecule has 2 unspecified atom stereocenters. The number of methoxy groups -OCH3 is 1. The van der Waals surface area contributed by atoms with Crippen LogP contribution in [0.25, 0.3) is 10.9 Å². The summed E-state index contributed by atoms with van der Waals surface area (Å²) in [6.45, 7) is 0.904. The van der Waals surface area contributed by atoms with Gasteiger partial charge in [-0.2, -0.15) is 0 Å². The number of hydrogen-bond acceptors (Lipinski definition) is 6. The minimum absolute atomic E-state index is 0.00120. The number of nitrogens with zero attached hydrogens (tertiary/aromatic N) is 2. The summed E-state index contributed by atoms with van der Waals surface area (Å²) < 4.78 is 11.5. The lowest BCUT2D eigenvalue weighted by molar-refractivity contribution is -0.145. The van der Waals surface area contributed by atoms with Crippen LogP contribution < -0.4 is 10.2 Å². The van der Waals surface area contributed by atoms with E-state index in [-0.39, 0.29) is 23.8 Å². The van der Waals surface area contributed by atoms with Crippen molar-refractivity contribution in [3.05, 3.63) is 71.9 Å². The first-order chi connectivity index (χ1) is 18.1. The maximum absolute atomic E-state index is 13.5. The first-order valence-corrected chi connectivity index (χ1v) is 12.9. The van der Waals surface area contributed by atoms with Crippen LogP contribution in [0.3, 0.4) is 0 Å². The Morgan fingerprint density at radius 3 is 2.57 bits per heavy atom. The van der Waals surface area contributed by atoms with Gasteiger partial charge in [0.15, 0.2) is 0 Å². The Morgan fingerprint density at radius 2 is 1.84 bits per heavy atom. The van der Waals surface area contributed by atoms with E-state index in [9.17, 15) is 14.8 Å². The molecule has 1 aliphatic heterocycles. The van der Waals surface area contributed by atoms with E-state index in [4.69, 9.17) is 9.47 Å². The summed E-state index contributed by atoms with van der Waals surface area (Å²) in [7, 11) is 1.70. The lowest BCUT2D eigenvalue weighted by Gasteiger charge is -2.37. The Morgan fingerprint density at radius 1 is 1.08 bits per heavy atom. The summed E-state index contributed by atoms with van der Waals surface area (Å²) >= 11 is 0. The molecule has 0 bridgehead atoms. The second-order valence-electron chi connectivity index (χ2n) is 9.91. The number of hydroxylamine groups is 1. The van der Waals surface area contributed by atoms with Crippen molar-refractivity contribution in [3.8, 4) is 5.75 Å². The van der Waals surface area contributed by atoms with E-state index in [1.165, 1.54) is 0 Å². The highest BCUT2D eigenvalue weighted by Crippen LogP contribution is 2.36. The molecule has 2 aromatic carbocycles. The van der Waals surface area contributed by atoms with Crippen LogP contribution >= 0.6 is 0 Å². The molecule has 194 valence electrons. The van der Waals surface area contributed by atoms with Gasteiger partial charge in [-0.05, 0) is 67.9 Å². The minimum atomic E-state index is -0.668. The fourth-order valence-corrected chi connectivity index (χ4v) is 5.84. The van der Waals surface area contributed by atoms with Crippen LogP contribution in [0.5, 0.6) is 5.75 Å². The summed E-state index contributed by atoms with van der Waals surface area (Å²) in [5, 5.41) is 10.5. The van der Waals surface area contributed by atoms with Gasteiger partial charge in [0.1, 0.15) is 18.4 Å². The van der Waals surface area contributed by atoms with Crippen LogP contribution in [0, 0.1) is 5.92 Å². The number of carbonyl (C=O) groups excluding carboxylic acids is 2. The second-order valence-corrected chi connectivity index (χ2v) is 9.91. The van der Waals surface area contributed by atoms with Crippen molar-refractivity contribution >= 4 is 22.7 Å². The van der Waals surface area contributed by atoms with Crippen molar-refractivity contribution in [3.63, 3.8) is 0 Å². The number of carbonyl (C=O) groups is 2. The van der Waals surface area contributed by atoms with Crippen molar-refractivity contribution in [2.75, 3.05) is 13.7 Å². The predicted molar refractivity (Wildman–Crippen MR) is 138 cm³/mol. The largest absolute Gasteiger partial charge is 0.489 e. The highest BCUT2D eigenvalue weighted by atomic mass is 16.5. The first-order valence-electron chi connectivity index (χ1n) is 12.9. The van der Waals surface area contributed by atoms with Gasteiger partial charge in [-0.1, -0.05) is 30.3 Å². The Balaban J connectivity index is 1.24. The molecule has 8 heteroatoms. The van der Waals surface area contributed by atoms with Gasteiger partial charge in [0.2, 0.25) is 5.91 Å². The zero-order chi connectivity index (χ0) is 25.8. The van der Waals surface area contributed by atoms with Crippen LogP contribution in [-0.2, 0) is 20.9 Å².